The van der Waals surface area contributed by atoms with Crippen molar-refractivity contribution in [2.75, 3.05) is 0 Å². The molecule has 0 aliphatic heterocycles. The highest BCUT2D eigenvalue weighted by molar-refractivity contribution is 4.72. The van der Waals surface area contributed by atoms with Crippen LogP contribution in [0.1, 0.15) is 60.3 Å². The number of hydrogen-bond donors (Lipinski definition) is 0. The van der Waals surface area contributed by atoms with E-state index in [-0.39, 0.29) is 0 Å². The van der Waals surface area contributed by atoms with Crippen molar-refractivity contribution >= 4 is 0 Å². The van der Waals surface area contributed by atoms with Crippen LogP contribution in [0.2, 0.25) is 0 Å². The van der Waals surface area contributed by atoms with E-state index in [1.54, 1.807) is 0 Å². The van der Waals surface area contributed by atoms with E-state index in [0.29, 0.717) is 5.41 Å². The summed E-state index contributed by atoms with van der Waals surface area (Å²) in [6.45, 7) is 11.7. The Kier molecular flexibility index (Phi) is 4.79. The average Bonchev–Trinajstić information content (AvgIpc) is 2.04. The predicted octanol–water partition coefficient (Wildman–Crippen LogP) is 4.25. The van der Waals surface area contributed by atoms with Crippen molar-refractivity contribution in [2.24, 2.45) is 11.3 Å². The summed E-state index contributed by atoms with van der Waals surface area (Å²) in [6.07, 6.45) is 5.38. The van der Waals surface area contributed by atoms with Gasteiger partial charge in [0.25, 0.3) is 0 Å². The van der Waals surface area contributed by atoms with Gasteiger partial charge in [0.2, 0.25) is 0 Å². The molecule has 0 nitrogen and oxygen atoms in total. The van der Waals surface area contributed by atoms with Crippen LogP contribution in [0, 0.1) is 11.3 Å². The van der Waals surface area contributed by atoms with Gasteiger partial charge >= 0.3 is 0 Å². The molecule has 0 bridgehead atoms. The minimum Gasteiger partial charge on any atom is -0.0651 e. The van der Waals surface area contributed by atoms with Gasteiger partial charge in [-0.1, -0.05) is 53.9 Å². The third-order valence-corrected chi connectivity index (χ3v) is 3.25. The van der Waals surface area contributed by atoms with Gasteiger partial charge in [-0.2, -0.15) is 0 Å². The first-order valence-electron chi connectivity index (χ1n) is 5.08. The summed E-state index contributed by atoms with van der Waals surface area (Å²) in [7, 11) is 0. The Morgan fingerprint density at radius 1 is 1.09 bits per heavy atom. The van der Waals surface area contributed by atoms with Crippen molar-refractivity contribution in [1.82, 2.24) is 0 Å². The molecule has 0 radical (unpaired) electrons. The van der Waals surface area contributed by atoms with Crippen molar-refractivity contribution < 1.29 is 0 Å². The molecule has 0 heterocycles. The molecule has 0 amide bonds. The minimum atomic E-state index is 0.607. The molecule has 0 fully saturated rings. The van der Waals surface area contributed by atoms with E-state index in [1.807, 2.05) is 0 Å². The van der Waals surface area contributed by atoms with Gasteiger partial charge in [-0.25, -0.2) is 0 Å². The Bertz CT molecular complexity index is 90.2. The van der Waals surface area contributed by atoms with Crippen LogP contribution in [0.3, 0.4) is 0 Å². The maximum Gasteiger partial charge on any atom is -0.0329 e. The molecule has 0 aliphatic carbocycles. The lowest BCUT2D eigenvalue weighted by Crippen LogP contribution is -2.17. The molecular weight excluding hydrogens is 132 g/mol. The highest BCUT2D eigenvalue weighted by Crippen LogP contribution is 2.33. The largest absolute Gasteiger partial charge is 0.0651 e. The van der Waals surface area contributed by atoms with Gasteiger partial charge in [0.1, 0.15) is 0 Å². The van der Waals surface area contributed by atoms with Crippen LogP contribution >= 0.6 is 0 Å². The highest BCUT2D eigenvalue weighted by Gasteiger charge is 2.21. The molecule has 0 spiro atoms. The van der Waals surface area contributed by atoms with E-state index in [2.05, 4.69) is 34.6 Å². The molecule has 0 unspecified atom stereocenters. The van der Waals surface area contributed by atoms with Gasteiger partial charge in [-0.3, -0.25) is 0 Å². The first-order valence-corrected chi connectivity index (χ1v) is 5.08. The number of rotatable bonds is 5. The zero-order chi connectivity index (χ0) is 8.91. The zero-order valence-electron chi connectivity index (χ0n) is 8.91. The van der Waals surface area contributed by atoms with Gasteiger partial charge < -0.3 is 0 Å². The molecule has 0 aliphatic rings. The highest BCUT2D eigenvalue weighted by atomic mass is 14.3. The minimum absolute atomic E-state index is 0.607. The summed E-state index contributed by atoms with van der Waals surface area (Å²) in [5.74, 6) is 0.903. The van der Waals surface area contributed by atoms with Crippen LogP contribution in [0.15, 0.2) is 0 Å². The maximum atomic E-state index is 2.42. The smallest absolute Gasteiger partial charge is 0.0329 e. The van der Waals surface area contributed by atoms with Crippen LogP contribution in [0.5, 0.6) is 0 Å². The molecule has 11 heavy (non-hydrogen) atoms. The fourth-order valence-corrected chi connectivity index (χ4v) is 1.52. The summed E-state index contributed by atoms with van der Waals surface area (Å²) in [5, 5.41) is 0. The maximum absolute atomic E-state index is 2.42. The molecule has 0 rings (SSSR count). The molecule has 0 aromatic carbocycles. The second-order valence-corrected chi connectivity index (χ2v) is 4.24. The Morgan fingerprint density at radius 3 is 1.82 bits per heavy atom. The summed E-state index contributed by atoms with van der Waals surface area (Å²) >= 11 is 0. The van der Waals surface area contributed by atoms with Crippen molar-refractivity contribution in [3.8, 4) is 0 Å². The van der Waals surface area contributed by atoms with E-state index in [1.165, 1.54) is 25.7 Å². The molecule has 68 valence electrons. The average molecular weight is 156 g/mol. The molecule has 0 heteroatoms. The molecule has 0 aromatic heterocycles. The lowest BCUT2D eigenvalue weighted by molar-refractivity contribution is 0.225. The molecule has 1 atom stereocenters. The van der Waals surface area contributed by atoms with E-state index in [9.17, 15) is 0 Å². The van der Waals surface area contributed by atoms with Crippen LogP contribution < -0.4 is 0 Å². The Morgan fingerprint density at radius 2 is 1.55 bits per heavy atom. The summed E-state index contributed by atoms with van der Waals surface area (Å²) in [5.41, 5.74) is 0.607. The van der Waals surface area contributed by atoms with E-state index in [4.69, 9.17) is 0 Å². The van der Waals surface area contributed by atoms with Crippen LogP contribution in [-0.2, 0) is 0 Å². The normalized spacial score (nSPS) is 15.0. The van der Waals surface area contributed by atoms with E-state index >= 15 is 0 Å². The van der Waals surface area contributed by atoms with Crippen LogP contribution in [-0.4, -0.2) is 0 Å². The first kappa shape index (κ1) is 11.0. The third kappa shape index (κ3) is 3.79. The van der Waals surface area contributed by atoms with Gasteiger partial charge in [0, 0.05) is 0 Å². The summed E-state index contributed by atoms with van der Waals surface area (Å²) < 4.78 is 0. The number of hydrogen-bond acceptors (Lipinski definition) is 0. The fourth-order valence-electron chi connectivity index (χ4n) is 1.52. The van der Waals surface area contributed by atoms with E-state index < -0.39 is 0 Å². The van der Waals surface area contributed by atoms with Gasteiger partial charge in [-0.05, 0) is 17.8 Å². The first-order chi connectivity index (χ1) is 5.08. The SMILES string of the molecule is CC[C@H](C)CC(C)(CC)CC. The summed E-state index contributed by atoms with van der Waals surface area (Å²) in [6, 6.07) is 0. The lowest BCUT2D eigenvalue weighted by Gasteiger charge is -2.29. The van der Waals surface area contributed by atoms with Crippen molar-refractivity contribution in [3.05, 3.63) is 0 Å². The second-order valence-electron chi connectivity index (χ2n) is 4.24. The second kappa shape index (κ2) is 4.79. The summed E-state index contributed by atoms with van der Waals surface area (Å²) in [4.78, 5) is 0. The molecule has 0 aromatic rings. The Labute approximate surface area is 72.4 Å². The predicted molar refractivity (Wildman–Crippen MR) is 52.8 cm³/mol. The Hall–Kier alpha value is 0. The Balaban J connectivity index is 3.86. The molecule has 0 N–H and O–H groups in total. The van der Waals surface area contributed by atoms with E-state index in [0.717, 1.165) is 5.92 Å². The van der Waals surface area contributed by atoms with Gasteiger partial charge in [0.05, 0.1) is 0 Å². The molecule has 0 saturated carbocycles. The fraction of sp³-hybridized carbons (Fsp3) is 1.00. The standard InChI is InChI=1S/C11H24/c1-6-10(4)9-11(5,7-2)8-3/h10H,6-9H2,1-5H3/t10-/m0/s1. The topological polar surface area (TPSA) is 0 Å². The van der Waals surface area contributed by atoms with Crippen molar-refractivity contribution in [2.45, 2.75) is 60.3 Å². The van der Waals surface area contributed by atoms with Crippen LogP contribution in [0.25, 0.3) is 0 Å². The monoisotopic (exact) mass is 156 g/mol. The quantitative estimate of drug-likeness (QED) is 0.558. The van der Waals surface area contributed by atoms with Gasteiger partial charge in [0.15, 0.2) is 0 Å². The van der Waals surface area contributed by atoms with Crippen molar-refractivity contribution in [1.29, 1.82) is 0 Å². The van der Waals surface area contributed by atoms with Crippen LogP contribution in [0.4, 0.5) is 0 Å². The lowest BCUT2D eigenvalue weighted by atomic mass is 9.77. The third-order valence-electron chi connectivity index (χ3n) is 3.25. The zero-order valence-corrected chi connectivity index (χ0v) is 8.91. The van der Waals surface area contributed by atoms with Crippen molar-refractivity contribution in [3.63, 3.8) is 0 Å². The molecular formula is C11H24. The van der Waals surface area contributed by atoms with Gasteiger partial charge in [-0.15, -0.1) is 0 Å². The molecule has 0 saturated heterocycles.